The average molecular weight is 379 g/mol. The molecule has 0 fully saturated rings. The first-order valence-electron chi connectivity index (χ1n) is 8.82. The van der Waals surface area contributed by atoms with E-state index in [4.69, 9.17) is 4.74 Å². The van der Waals surface area contributed by atoms with Gasteiger partial charge in [0.05, 0.1) is 18.2 Å². The van der Waals surface area contributed by atoms with Crippen molar-refractivity contribution in [3.8, 4) is 5.75 Å². The molecule has 2 N–H and O–H groups in total. The lowest BCUT2D eigenvalue weighted by Crippen LogP contribution is -2.33. The summed E-state index contributed by atoms with van der Waals surface area (Å²) >= 11 is 0. The second-order valence-electron chi connectivity index (χ2n) is 6.36. The third kappa shape index (κ3) is 3.97. The summed E-state index contributed by atoms with van der Waals surface area (Å²) in [6.45, 7) is 0.471. The molecule has 1 aliphatic rings. The van der Waals surface area contributed by atoms with E-state index in [2.05, 4.69) is 0 Å². The molecule has 6 heteroatoms. The second-order valence-corrected chi connectivity index (χ2v) is 6.36. The van der Waals surface area contributed by atoms with Crippen LogP contribution in [0.5, 0.6) is 5.75 Å². The van der Waals surface area contributed by atoms with Gasteiger partial charge in [-0.3, -0.25) is 9.59 Å². The van der Waals surface area contributed by atoms with Crippen molar-refractivity contribution in [1.82, 2.24) is 4.90 Å². The molecule has 28 heavy (non-hydrogen) atoms. The number of phenols is 1. The number of carbonyl (C=O) groups is 2. The van der Waals surface area contributed by atoms with Gasteiger partial charge in [0.1, 0.15) is 5.75 Å². The zero-order chi connectivity index (χ0) is 20.1. The van der Waals surface area contributed by atoms with Gasteiger partial charge in [0.25, 0.3) is 5.91 Å². The Bertz CT molecular complexity index is 916. The number of phenolic OH excluding ortho intramolecular Hbond substituents is 1. The number of hydrogen-bond donors (Lipinski definition) is 2. The molecule has 2 aromatic rings. The predicted octanol–water partition coefficient (Wildman–Crippen LogP) is 3.02. The largest absolute Gasteiger partial charge is 0.508 e. The van der Waals surface area contributed by atoms with Gasteiger partial charge < -0.3 is 19.8 Å². The lowest BCUT2D eigenvalue weighted by atomic mass is 9.95. The lowest BCUT2D eigenvalue weighted by molar-refractivity contribution is -0.130. The molecule has 0 bridgehead atoms. The maximum atomic E-state index is 12.9. The molecule has 0 saturated heterocycles. The number of ketones is 1. The van der Waals surface area contributed by atoms with E-state index in [9.17, 15) is 19.8 Å². The Morgan fingerprint density at radius 2 is 1.79 bits per heavy atom. The van der Waals surface area contributed by atoms with Gasteiger partial charge in [-0.15, -0.1) is 0 Å². The van der Waals surface area contributed by atoms with Crippen LogP contribution in [0.1, 0.15) is 17.2 Å². The third-order valence-electron chi connectivity index (χ3n) is 4.54. The summed E-state index contributed by atoms with van der Waals surface area (Å²) in [5.41, 5.74) is 1.46. The van der Waals surface area contributed by atoms with Crippen LogP contribution in [0.4, 0.5) is 0 Å². The van der Waals surface area contributed by atoms with Crippen LogP contribution >= 0.6 is 0 Å². The molecule has 1 amide bonds. The number of hydrogen-bond acceptors (Lipinski definition) is 5. The minimum atomic E-state index is -0.754. The van der Waals surface area contributed by atoms with E-state index >= 15 is 0 Å². The molecule has 0 aliphatic carbocycles. The quantitative estimate of drug-likeness (QED) is 0.722. The number of amides is 1. The van der Waals surface area contributed by atoms with E-state index in [0.29, 0.717) is 5.56 Å². The smallest absolute Gasteiger partial charge is 0.290 e. The van der Waals surface area contributed by atoms with Gasteiger partial charge in [-0.05, 0) is 29.3 Å². The molecule has 3 rings (SSSR count). The monoisotopic (exact) mass is 379 g/mol. The summed E-state index contributed by atoms with van der Waals surface area (Å²) in [4.78, 5) is 26.9. The summed E-state index contributed by atoms with van der Waals surface area (Å²) in [5.74, 6) is -1.56. The Morgan fingerprint density at radius 3 is 2.43 bits per heavy atom. The predicted molar refractivity (Wildman–Crippen MR) is 105 cm³/mol. The van der Waals surface area contributed by atoms with Crippen molar-refractivity contribution in [3.05, 3.63) is 83.1 Å². The minimum Gasteiger partial charge on any atom is -0.508 e. The molecule has 2 aromatic carbocycles. The van der Waals surface area contributed by atoms with Gasteiger partial charge in [0.2, 0.25) is 0 Å². The maximum Gasteiger partial charge on any atom is 0.290 e. The standard InChI is InChI=1S/C22H21NO5/c1-28-14-13-23-20(16-8-10-17(24)11-9-16)19(21(26)22(23)27)18(25)12-7-15-5-3-2-4-6-15/h2-12,20,24,26H,13-14H2,1H3/b12-7+. The second kappa shape index (κ2) is 8.54. The molecule has 0 radical (unpaired) electrons. The highest BCUT2D eigenvalue weighted by atomic mass is 16.5. The van der Waals surface area contributed by atoms with Crippen LogP contribution in [0, 0.1) is 0 Å². The van der Waals surface area contributed by atoms with Crippen molar-refractivity contribution in [2.75, 3.05) is 20.3 Å². The van der Waals surface area contributed by atoms with Gasteiger partial charge in [-0.2, -0.15) is 0 Å². The number of allylic oxidation sites excluding steroid dienone is 1. The molecule has 1 atom stereocenters. The van der Waals surface area contributed by atoms with Gasteiger partial charge in [-0.25, -0.2) is 0 Å². The molecular weight excluding hydrogens is 358 g/mol. The Labute approximate surface area is 163 Å². The lowest BCUT2D eigenvalue weighted by Gasteiger charge is -2.26. The molecule has 1 unspecified atom stereocenters. The third-order valence-corrected chi connectivity index (χ3v) is 4.54. The summed E-state index contributed by atoms with van der Waals surface area (Å²) < 4.78 is 5.06. The molecule has 0 saturated carbocycles. The molecule has 1 heterocycles. The highest BCUT2D eigenvalue weighted by molar-refractivity contribution is 6.14. The van der Waals surface area contributed by atoms with Crippen molar-refractivity contribution >= 4 is 17.8 Å². The van der Waals surface area contributed by atoms with Crippen molar-refractivity contribution in [2.45, 2.75) is 6.04 Å². The molecule has 0 spiro atoms. The summed E-state index contributed by atoms with van der Waals surface area (Å²) in [5, 5.41) is 20.0. The first-order valence-corrected chi connectivity index (χ1v) is 8.82. The number of ether oxygens (including phenoxy) is 1. The highest BCUT2D eigenvalue weighted by Crippen LogP contribution is 2.38. The number of carbonyl (C=O) groups excluding carboxylic acids is 2. The Kier molecular flexibility index (Phi) is 5.91. The van der Waals surface area contributed by atoms with Gasteiger partial charge >= 0.3 is 0 Å². The van der Waals surface area contributed by atoms with E-state index in [0.717, 1.165) is 5.56 Å². The fraction of sp³-hybridized carbons (Fsp3) is 0.182. The molecule has 1 aliphatic heterocycles. The van der Waals surface area contributed by atoms with Crippen LogP contribution in [-0.2, 0) is 14.3 Å². The SMILES string of the molecule is COCCN1C(=O)C(O)=C(C(=O)/C=C/c2ccccc2)C1c1ccc(O)cc1. The van der Waals surface area contributed by atoms with Crippen LogP contribution in [-0.4, -0.2) is 47.1 Å². The number of aliphatic hydroxyl groups is 1. The van der Waals surface area contributed by atoms with Crippen LogP contribution in [0.2, 0.25) is 0 Å². The van der Waals surface area contributed by atoms with Crippen LogP contribution in [0.3, 0.4) is 0 Å². The summed E-state index contributed by atoms with van der Waals surface area (Å²) in [7, 11) is 1.51. The van der Waals surface area contributed by atoms with Crippen molar-refractivity contribution in [3.63, 3.8) is 0 Å². The number of nitrogens with zero attached hydrogens (tertiary/aromatic N) is 1. The molecule has 0 aromatic heterocycles. The van der Waals surface area contributed by atoms with E-state index in [1.807, 2.05) is 30.3 Å². The van der Waals surface area contributed by atoms with Crippen LogP contribution in [0.15, 0.2) is 72.0 Å². The van der Waals surface area contributed by atoms with E-state index < -0.39 is 23.5 Å². The van der Waals surface area contributed by atoms with E-state index in [1.54, 1.807) is 18.2 Å². The van der Waals surface area contributed by atoms with Gasteiger partial charge in [-0.1, -0.05) is 48.5 Å². The Hall–Kier alpha value is -3.38. The average Bonchev–Trinajstić information content (AvgIpc) is 2.96. The number of methoxy groups -OCH3 is 1. The normalized spacial score (nSPS) is 17.0. The number of rotatable bonds is 7. The maximum absolute atomic E-state index is 12.9. The van der Waals surface area contributed by atoms with E-state index in [-0.39, 0.29) is 24.5 Å². The van der Waals surface area contributed by atoms with Crippen molar-refractivity contribution in [1.29, 1.82) is 0 Å². The molecule has 6 nitrogen and oxygen atoms in total. The van der Waals surface area contributed by atoms with Gasteiger partial charge in [0, 0.05) is 13.7 Å². The first-order chi connectivity index (χ1) is 13.5. The zero-order valence-electron chi connectivity index (χ0n) is 15.4. The van der Waals surface area contributed by atoms with Crippen molar-refractivity contribution < 1.29 is 24.5 Å². The minimum absolute atomic E-state index is 0.0129. The molecular formula is C22H21NO5. The first kappa shape index (κ1) is 19.4. The Balaban J connectivity index is 1.97. The van der Waals surface area contributed by atoms with Crippen molar-refractivity contribution in [2.24, 2.45) is 0 Å². The topological polar surface area (TPSA) is 87.1 Å². The van der Waals surface area contributed by atoms with E-state index in [1.165, 1.54) is 30.2 Å². The van der Waals surface area contributed by atoms with Crippen LogP contribution < -0.4 is 0 Å². The summed E-state index contributed by atoms with van der Waals surface area (Å²) in [6.07, 6.45) is 2.99. The van der Waals surface area contributed by atoms with Crippen LogP contribution in [0.25, 0.3) is 6.08 Å². The summed E-state index contributed by atoms with van der Waals surface area (Å²) in [6, 6.07) is 14.7. The number of benzene rings is 2. The van der Waals surface area contributed by atoms with Gasteiger partial charge in [0.15, 0.2) is 11.5 Å². The molecule has 144 valence electrons. The number of aliphatic hydroxyl groups excluding tert-OH is 1. The fourth-order valence-corrected chi connectivity index (χ4v) is 3.15. The zero-order valence-corrected chi connectivity index (χ0v) is 15.4. The highest BCUT2D eigenvalue weighted by Gasteiger charge is 2.42. The fourth-order valence-electron chi connectivity index (χ4n) is 3.15. The Morgan fingerprint density at radius 1 is 1.11 bits per heavy atom. The number of aromatic hydroxyl groups is 1.